The van der Waals surface area contributed by atoms with E-state index in [0.29, 0.717) is 25.2 Å². The molecule has 0 saturated carbocycles. The number of esters is 1. The van der Waals surface area contributed by atoms with Crippen molar-refractivity contribution < 1.29 is 23.9 Å². The number of nitrogens with zero attached hydrogens (tertiary/aromatic N) is 1. The highest BCUT2D eigenvalue weighted by atomic mass is 16.7. The lowest BCUT2D eigenvalue weighted by molar-refractivity contribution is -0.385. The predicted octanol–water partition coefficient (Wildman–Crippen LogP) is 4.27. The highest BCUT2D eigenvalue weighted by Crippen LogP contribution is 2.33. The van der Waals surface area contributed by atoms with Gasteiger partial charge < -0.3 is 14.2 Å². The number of hydrogen-bond acceptors (Lipinski definition) is 6. The summed E-state index contributed by atoms with van der Waals surface area (Å²) >= 11 is 0. The zero-order valence-corrected chi connectivity index (χ0v) is 15.8. The molecule has 0 aliphatic carbocycles. The van der Waals surface area contributed by atoms with E-state index < -0.39 is 17.2 Å². The number of aryl methyl sites for hydroxylation is 2. The summed E-state index contributed by atoms with van der Waals surface area (Å²) in [6.45, 7) is 3.10. The van der Waals surface area contributed by atoms with Crippen molar-refractivity contribution in [3.63, 3.8) is 0 Å². The maximum Gasteiger partial charge on any atom is 0.312 e. The Labute approximate surface area is 163 Å². The van der Waals surface area contributed by atoms with Gasteiger partial charge in [-0.15, -0.1) is 0 Å². The van der Waals surface area contributed by atoms with E-state index in [4.69, 9.17) is 14.2 Å². The van der Waals surface area contributed by atoms with E-state index in [1.54, 1.807) is 6.07 Å². The molecule has 0 radical (unpaired) electrons. The fraction of sp³-hybridized carbons (Fsp3) is 0.381. The Morgan fingerprint density at radius 2 is 1.89 bits per heavy atom. The van der Waals surface area contributed by atoms with Crippen LogP contribution in [0.5, 0.6) is 5.75 Å². The van der Waals surface area contributed by atoms with Gasteiger partial charge in [-0.05, 0) is 43.9 Å². The van der Waals surface area contributed by atoms with Gasteiger partial charge in [0.25, 0.3) is 0 Å². The molecule has 2 aromatic carbocycles. The van der Waals surface area contributed by atoms with Gasteiger partial charge in [0, 0.05) is 18.1 Å². The van der Waals surface area contributed by atoms with Crippen LogP contribution in [-0.2, 0) is 20.7 Å². The third-order valence-corrected chi connectivity index (χ3v) is 4.47. The molecule has 0 amide bonds. The molecule has 1 aliphatic heterocycles. The largest absolute Gasteiger partial charge is 0.419 e. The third-order valence-electron chi connectivity index (χ3n) is 4.47. The standard InChI is InChI=1S/C21H23NO6/c1-15-6-8-16(9-7-15)4-2-5-20(23)28-19-11-10-17(14-18(19)22(24)25)21-26-12-3-13-27-21/h6-11,14,21H,2-5,12-13H2,1H3. The first kappa shape index (κ1) is 20.0. The Morgan fingerprint density at radius 1 is 1.18 bits per heavy atom. The molecule has 2 aromatic rings. The number of hydrogen-bond donors (Lipinski definition) is 0. The van der Waals surface area contributed by atoms with E-state index in [1.807, 2.05) is 31.2 Å². The van der Waals surface area contributed by atoms with E-state index in [-0.39, 0.29) is 17.9 Å². The molecular weight excluding hydrogens is 362 g/mol. The number of rotatable bonds is 7. The van der Waals surface area contributed by atoms with Gasteiger partial charge in [0.1, 0.15) is 0 Å². The molecule has 0 spiro atoms. The summed E-state index contributed by atoms with van der Waals surface area (Å²) in [4.78, 5) is 23.0. The lowest BCUT2D eigenvalue weighted by atomic mass is 10.1. The zero-order chi connectivity index (χ0) is 19.9. The summed E-state index contributed by atoms with van der Waals surface area (Å²) in [5.41, 5.74) is 2.58. The maximum absolute atomic E-state index is 12.1. The smallest absolute Gasteiger partial charge is 0.312 e. The Bertz CT molecular complexity index is 827. The predicted molar refractivity (Wildman–Crippen MR) is 102 cm³/mol. The molecule has 7 heteroatoms. The van der Waals surface area contributed by atoms with Crippen molar-refractivity contribution >= 4 is 11.7 Å². The molecular formula is C21H23NO6. The summed E-state index contributed by atoms with van der Waals surface area (Å²) < 4.78 is 16.2. The van der Waals surface area contributed by atoms with Crippen LogP contribution in [0.15, 0.2) is 42.5 Å². The molecule has 1 saturated heterocycles. The summed E-state index contributed by atoms with van der Waals surface area (Å²) in [7, 11) is 0. The van der Waals surface area contributed by atoms with Gasteiger partial charge in [-0.2, -0.15) is 0 Å². The van der Waals surface area contributed by atoms with Crippen LogP contribution in [-0.4, -0.2) is 24.1 Å². The fourth-order valence-corrected chi connectivity index (χ4v) is 2.96. The molecule has 1 heterocycles. The van der Waals surface area contributed by atoms with Gasteiger partial charge in [0.15, 0.2) is 6.29 Å². The SMILES string of the molecule is Cc1ccc(CCCC(=O)Oc2ccc(C3OCCCO3)cc2[N+](=O)[O-])cc1. The Morgan fingerprint density at radius 3 is 2.57 bits per heavy atom. The van der Waals surface area contributed by atoms with E-state index in [9.17, 15) is 14.9 Å². The van der Waals surface area contributed by atoms with Crippen LogP contribution in [0.2, 0.25) is 0 Å². The second-order valence-corrected chi connectivity index (χ2v) is 6.72. The number of nitro groups is 1. The van der Waals surface area contributed by atoms with Crippen molar-refractivity contribution in [2.24, 2.45) is 0 Å². The summed E-state index contributed by atoms with van der Waals surface area (Å²) in [6.07, 6.45) is 1.69. The van der Waals surface area contributed by atoms with Crippen molar-refractivity contribution in [3.05, 3.63) is 69.3 Å². The van der Waals surface area contributed by atoms with Crippen molar-refractivity contribution in [2.75, 3.05) is 13.2 Å². The topological polar surface area (TPSA) is 87.9 Å². The molecule has 0 N–H and O–H groups in total. The number of ether oxygens (including phenoxy) is 3. The van der Waals surface area contributed by atoms with E-state index >= 15 is 0 Å². The Kier molecular flexibility index (Phi) is 6.73. The molecule has 7 nitrogen and oxygen atoms in total. The minimum Gasteiger partial charge on any atom is -0.419 e. The van der Waals surface area contributed by atoms with E-state index in [1.165, 1.54) is 17.7 Å². The first-order valence-electron chi connectivity index (χ1n) is 9.31. The van der Waals surface area contributed by atoms with Gasteiger partial charge in [0.2, 0.25) is 5.75 Å². The molecule has 0 atom stereocenters. The van der Waals surface area contributed by atoms with Gasteiger partial charge in [0.05, 0.1) is 18.1 Å². The van der Waals surface area contributed by atoms with Gasteiger partial charge in [-0.25, -0.2) is 0 Å². The first-order valence-corrected chi connectivity index (χ1v) is 9.31. The lowest BCUT2D eigenvalue weighted by Crippen LogP contribution is -2.18. The minimum absolute atomic E-state index is 0.0649. The van der Waals surface area contributed by atoms with E-state index in [0.717, 1.165) is 18.4 Å². The van der Waals surface area contributed by atoms with Gasteiger partial charge in [-0.1, -0.05) is 29.8 Å². The van der Waals surface area contributed by atoms with E-state index in [2.05, 4.69) is 0 Å². The van der Waals surface area contributed by atoms with Gasteiger partial charge >= 0.3 is 11.7 Å². The molecule has 148 valence electrons. The average Bonchev–Trinajstić information content (AvgIpc) is 2.70. The Hall–Kier alpha value is -2.77. The van der Waals surface area contributed by atoms with Crippen LogP contribution in [0.3, 0.4) is 0 Å². The van der Waals surface area contributed by atoms with Crippen molar-refractivity contribution in [1.29, 1.82) is 0 Å². The molecule has 0 unspecified atom stereocenters. The fourth-order valence-electron chi connectivity index (χ4n) is 2.96. The van der Waals surface area contributed by atoms with Crippen LogP contribution in [0.1, 0.15) is 42.2 Å². The number of carbonyl (C=O) groups excluding carboxylic acids is 1. The number of nitro benzene ring substituents is 1. The Balaban J connectivity index is 1.59. The van der Waals surface area contributed by atoms with Crippen LogP contribution in [0.25, 0.3) is 0 Å². The molecule has 1 aliphatic rings. The number of carbonyl (C=O) groups is 1. The first-order chi connectivity index (χ1) is 13.5. The molecule has 0 bridgehead atoms. The highest BCUT2D eigenvalue weighted by Gasteiger charge is 2.24. The van der Waals surface area contributed by atoms with Crippen LogP contribution >= 0.6 is 0 Å². The summed E-state index contributed by atoms with van der Waals surface area (Å²) in [5.74, 6) is -0.557. The second-order valence-electron chi connectivity index (χ2n) is 6.72. The second kappa shape index (κ2) is 9.43. The monoisotopic (exact) mass is 385 g/mol. The highest BCUT2D eigenvalue weighted by molar-refractivity contribution is 5.74. The summed E-state index contributed by atoms with van der Waals surface area (Å²) in [6, 6.07) is 12.5. The van der Waals surface area contributed by atoms with Crippen LogP contribution in [0, 0.1) is 17.0 Å². The normalized spacial score (nSPS) is 14.6. The molecule has 0 aromatic heterocycles. The molecule has 28 heavy (non-hydrogen) atoms. The quantitative estimate of drug-likeness (QED) is 0.306. The van der Waals surface area contributed by atoms with Crippen molar-refractivity contribution in [3.8, 4) is 5.75 Å². The molecule has 3 rings (SSSR count). The van der Waals surface area contributed by atoms with Crippen LogP contribution in [0.4, 0.5) is 5.69 Å². The zero-order valence-electron chi connectivity index (χ0n) is 15.8. The average molecular weight is 385 g/mol. The third kappa shape index (κ3) is 5.37. The van der Waals surface area contributed by atoms with Gasteiger partial charge in [-0.3, -0.25) is 14.9 Å². The molecule has 1 fully saturated rings. The van der Waals surface area contributed by atoms with Crippen LogP contribution < -0.4 is 4.74 Å². The van der Waals surface area contributed by atoms with Crippen molar-refractivity contribution in [2.45, 2.75) is 38.9 Å². The minimum atomic E-state index is -0.633. The lowest BCUT2D eigenvalue weighted by Gasteiger charge is -2.23. The summed E-state index contributed by atoms with van der Waals surface area (Å²) in [5, 5.41) is 11.4. The number of benzene rings is 2. The maximum atomic E-state index is 12.1. The van der Waals surface area contributed by atoms with Crippen molar-refractivity contribution in [1.82, 2.24) is 0 Å².